The molecule has 5 nitrogen and oxygen atoms in total. The van der Waals surface area contributed by atoms with Gasteiger partial charge in [0.1, 0.15) is 0 Å². The molecule has 1 fully saturated rings. The predicted molar refractivity (Wildman–Crippen MR) is 78.9 cm³/mol. The van der Waals surface area contributed by atoms with Gasteiger partial charge in [0, 0.05) is 51.6 Å². The van der Waals surface area contributed by atoms with Gasteiger partial charge in [0.2, 0.25) is 0 Å². The molecule has 0 aromatic heterocycles. The second-order valence-corrected chi connectivity index (χ2v) is 5.16. The number of hydrogen-bond donors (Lipinski definition) is 1. The summed E-state index contributed by atoms with van der Waals surface area (Å²) in [5.74, 6) is 0. The van der Waals surface area contributed by atoms with Crippen LogP contribution >= 0.6 is 0 Å². The van der Waals surface area contributed by atoms with Gasteiger partial charge in [-0.15, -0.1) is 0 Å². The van der Waals surface area contributed by atoms with Crippen LogP contribution in [0.3, 0.4) is 0 Å². The first-order chi connectivity index (χ1) is 9.06. The van der Waals surface area contributed by atoms with Crippen LogP contribution in [0.1, 0.15) is 0 Å². The molecule has 1 aromatic carbocycles. The Bertz CT molecular complexity index is 422. The molecule has 0 atom stereocenters. The minimum absolute atomic E-state index is 0.104. The standard InChI is InChI=1S/C14H22N4O/c1-16(2)14(19)15-12-4-6-13(7-5-12)18-10-8-17(3)9-11-18/h4-7H,8-11H2,1-3H3,(H,15,19). The summed E-state index contributed by atoms with van der Waals surface area (Å²) in [6.07, 6.45) is 0. The monoisotopic (exact) mass is 262 g/mol. The summed E-state index contributed by atoms with van der Waals surface area (Å²) in [5.41, 5.74) is 2.05. The van der Waals surface area contributed by atoms with Crippen LogP contribution in [-0.4, -0.2) is 63.2 Å². The SMILES string of the molecule is CN1CCN(c2ccc(NC(=O)N(C)C)cc2)CC1. The van der Waals surface area contributed by atoms with Crippen molar-refractivity contribution < 1.29 is 4.79 Å². The number of rotatable bonds is 2. The van der Waals surface area contributed by atoms with Crippen LogP contribution in [0.5, 0.6) is 0 Å². The van der Waals surface area contributed by atoms with Crippen molar-refractivity contribution in [1.82, 2.24) is 9.80 Å². The Morgan fingerprint density at radius 3 is 2.21 bits per heavy atom. The highest BCUT2D eigenvalue weighted by Gasteiger charge is 2.14. The Morgan fingerprint density at radius 2 is 1.68 bits per heavy atom. The minimum Gasteiger partial charge on any atom is -0.369 e. The summed E-state index contributed by atoms with van der Waals surface area (Å²) < 4.78 is 0. The quantitative estimate of drug-likeness (QED) is 0.878. The van der Waals surface area contributed by atoms with Crippen LogP contribution in [0, 0.1) is 0 Å². The lowest BCUT2D eigenvalue weighted by molar-refractivity contribution is 0.230. The minimum atomic E-state index is -0.104. The number of amides is 2. The Balaban J connectivity index is 1.96. The Labute approximate surface area is 114 Å². The van der Waals surface area contributed by atoms with E-state index in [1.54, 1.807) is 14.1 Å². The van der Waals surface area contributed by atoms with Gasteiger partial charge in [0.05, 0.1) is 0 Å². The van der Waals surface area contributed by atoms with Crippen LogP contribution in [0.25, 0.3) is 0 Å². The average Bonchev–Trinajstić information content (AvgIpc) is 2.40. The zero-order valence-corrected chi connectivity index (χ0v) is 11.9. The van der Waals surface area contributed by atoms with E-state index in [0.717, 1.165) is 31.9 Å². The molecule has 1 heterocycles. The maximum Gasteiger partial charge on any atom is 0.321 e. The van der Waals surface area contributed by atoms with Crippen LogP contribution in [0.4, 0.5) is 16.2 Å². The van der Waals surface area contributed by atoms with Gasteiger partial charge in [0.15, 0.2) is 0 Å². The summed E-state index contributed by atoms with van der Waals surface area (Å²) in [6, 6.07) is 7.93. The number of anilines is 2. The van der Waals surface area contributed by atoms with Gasteiger partial charge in [-0.1, -0.05) is 0 Å². The van der Waals surface area contributed by atoms with Crippen LogP contribution in [-0.2, 0) is 0 Å². The molecule has 0 unspecified atom stereocenters. The zero-order valence-electron chi connectivity index (χ0n) is 11.9. The highest BCUT2D eigenvalue weighted by molar-refractivity contribution is 5.89. The molecule has 1 N–H and O–H groups in total. The summed E-state index contributed by atoms with van der Waals surface area (Å²) in [4.78, 5) is 17.8. The summed E-state index contributed by atoms with van der Waals surface area (Å²) in [7, 11) is 5.61. The lowest BCUT2D eigenvalue weighted by Gasteiger charge is -2.34. The molecular formula is C14H22N4O. The van der Waals surface area contributed by atoms with Gasteiger partial charge in [0.25, 0.3) is 0 Å². The van der Waals surface area contributed by atoms with Gasteiger partial charge in [-0.25, -0.2) is 4.79 Å². The van der Waals surface area contributed by atoms with Crippen molar-refractivity contribution in [2.24, 2.45) is 0 Å². The third-order valence-corrected chi connectivity index (χ3v) is 3.39. The van der Waals surface area contributed by atoms with E-state index in [0.29, 0.717) is 0 Å². The van der Waals surface area contributed by atoms with Gasteiger partial charge >= 0.3 is 6.03 Å². The van der Waals surface area contributed by atoms with Gasteiger partial charge in [-0.2, -0.15) is 0 Å². The number of piperazine rings is 1. The van der Waals surface area contributed by atoms with Crippen LogP contribution < -0.4 is 10.2 Å². The first kappa shape index (κ1) is 13.7. The van der Waals surface area contributed by atoms with Gasteiger partial charge in [-0.3, -0.25) is 0 Å². The number of carbonyl (C=O) groups excluding carboxylic acids is 1. The van der Waals surface area contributed by atoms with Crippen LogP contribution in [0.2, 0.25) is 0 Å². The Hall–Kier alpha value is -1.75. The highest BCUT2D eigenvalue weighted by atomic mass is 16.2. The molecule has 1 saturated heterocycles. The molecule has 0 radical (unpaired) electrons. The lowest BCUT2D eigenvalue weighted by Crippen LogP contribution is -2.44. The molecule has 2 rings (SSSR count). The second kappa shape index (κ2) is 5.93. The molecule has 2 amide bonds. The van der Waals surface area contributed by atoms with Crippen molar-refractivity contribution >= 4 is 17.4 Å². The smallest absolute Gasteiger partial charge is 0.321 e. The first-order valence-electron chi connectivity index (χ1n) is 6.58. The van der Waals surface area contributed by atoms with E-state index in [-0.39, 0.29) is 6.03 Å². The zero-order chi connectivity index (χ0) is 13.8. The number of likely N-dealkylation sites (N-methyl/N-ethyl adjacent to an activating group) is 1. The summed E-state index contributed by atoms with van der Waals surface area (Å²) in [5, 5.41) is 2.84. The number of nitrogens with one attached hydrogen (secondary N) is 1. The van der Waals surface area contributed by atoms with Crippen LogP contribution in [0.15, 0.2) is 24.3 Å². The molecule has 0 spiro atoms. The lowest BCUT2D eigenvalue weighted by atomic mass is 10.2. The summed E-state index contributed by atoms with van der Waals surface area (Å²) in [6.45, 7) is 4.30. The van der Waals surface area contributed by atoms with E-state index in [9.17, 15) is 4.79 Å². The Morgan fingerprint density at radius 1 is 1.11 bits per heavy atom. The Kier molecular flexibility index (Phi) is 4.27. The number of carbonyl (C=O) groups is 1. The fourth-order valence-electron chi connectivity index (χ4n) is 2.06. The molecule has 1 aliphatic rings. The molecule has 1 aliphatic heterocycles. The van der Waals surface area contributed by atoms with E-state index in [1.165, 1.54) is 10.6 Å². The van der Waals surface area contributed by atoms with Gasteiger partial charge < -0.3 is 20.0 Å². The molecule has 5 heteroatoms. The largest absolute Gasteiger partial charge is 0.369 e. The first-order valence-corrected chi connectivity index (χ1v) is 6.58. The third-order valence-electron chi connectivity index (χ3n) is 3.39. The van der Waals surface area contributed by atoms with E-state index in [1.807, 2.05) is 12.1 Å². The fraction of sp³-hybridized carbons (Fsp3) is 0.500. The molecule has 0 aliphatic carbocycles. The number of hydrogen-bond acceptors (Lipinski definition) is 3. The van der Waals surface area contributed by atoms with Gasteiger partial charge in [-0.05, 0) is 31.3 Å². The molecule has 0 bridgehead atoms. The molecule has 104 valence electrons. The molecule has 1 aromatic rings. The number of benzene rings is 1. The van der Waals surface area contributed by atoms with E-state index in [4.69, 9.17) is 0 Å². The van der Waals surface area contributed by atoms with Crippen molar-refractivity contribution in [2.75, 3.05) is 57.5 Å². The molecule has 0 saturated carbocycles. The number of nitrogens with zero attached hydrogens (tertiary/aromatic N) is 3. The predicted octanol–water partition coefficient (Wildman–Crippen LogP) is 1.53. The average molecular weight is 262 g/mol. The van der Waals surface area contributed by atoms with E-state index < -0.39 is 0 Å². The third kappa shape index (κ3) is 3.61. The van der Waals surface area contributed by atoms with Crippen molar-refractivity contribution in [2.45, 2.75) is 0 Å². The van der Waals surface area contributed by atoms with Crippen molar-refractivity contribution in [3.05, 3.63) is 24.3 Å². The normalized spacial score (nSPS) is 16.3. The molecular weight excluding hydrogens is 240 g/mol. The second-order valence-electron chi connectivity index (χ2n) is 5.16. The maximum absolute atomic E-state index is 11.5. The van der Waals surface area contributed by atoms with Crippen molar-refractivity contribution in [3.63, 3.8) is 0 Å². The topological polar surface area (TPSA) is 38.8 Å². The van der Waals surface area contributed by atoms with Crippen molar-refractivity contribution in [1.29, 1.82) is 0 Å². The fourth-order valence-corrected chi connectivity index (χ4v) is 2.06. The molecule has 19 heavy (non-hydrogen) atoms. The maximum atomic E-state index is 11.5. The highest BCUT2D eigenvalue weighted by Crippen LogP contribution is 2.19. The van der Waals surface area contributed by atoms with E-state index >= 15 is 0 Å². The van der Waals surface area contributed by atoms with Crippen molar-refractivity contribution in [3.8, 4) is 0 Å². The van der Waals surface area contributed by atoms with E-state index in [2.05, 4.69) is 34.3 Å². The number of urea groups is 1. The summed E-state index contributed by atoms with van der Waals surface area (Å²) >= 11 is 0.